The van der Waals surface area contributed by atoms with Crippen LogP contribution in [0.1, 0.15) is 23.6 Å². The molecule has 0 spiro atoms. The van der Waals surface area contributed by atoms with Gasteiger partial charge in [0.1, 0.15) is 0 Å². The Morgan fingerprint density at radius 2 is 2.28 bits per heavy atom. The highest BCUT2D eigenvalue weighted by Gasteiger charge is 2.45. The van der Waals surface area contributed by atoms with Gasteiger partial charge in [0.05, 0.1) is 11.5 Å². The van der Waals surface area contributed by atoms with Gasteiger partial charge in [-0.1, -0.05) is 6.07 Å². The average Bonchev–Trinajstić information content (AvgIpc) is 2.77. The van der Waals surface area contributed by atoms with Crippen molar-refractivity contribution in [2.45, 2.75) is 24.8 Å². The van der Waals surface area contributed by atoms with Crippen molar-refractivity contribution in [1.29, 1.82) is 0 Å². The second kappa shape index (κ2) is 4.35. The van der Waals surface area contributed by atoms with Gasteiger partial charge in [0.25, 0.3) is 0 Å². The fraction of sp³-hybridized carbons (Fsp3) is 0.583. The van der Waals surface area contributed by atoms with Gasteiger partial charge < -0.3 is 5.32 Å². The third kappa shape index (κ3) is 2.44. The summed E-state index contributed by atoms with van der Waals surface area (Å²) in [5.41, 5.74) is 0. The highest BCUT2D eigenvalue weighted by Crippen LogP contribution is 2.49. The molecule has 1 saturated carbocycles. The third-order valence-electron chi connectivity index (χ3n) is 3.61. The van der Waals surface area contributed by atoms with E-state index in [4.69, 9.17) is 0 Å². The molecule has 1 saturated heterocycles. The first-order valence-corrected chi connectivity index (χ1v) is 8.79. The smallest absolute Gasteiger partial charge is 0.224 e. The minimum absolute atomic E-state index is 0.0236. The zero-order valence-electron chi connectivity index (χ0n) is 9.83. The Balaban J connectivity index is 1.55. The zero-order valence-corrected chi connectivity index (χ0v) is 11.5. The molecule has 2 aliphatic rings. The van der Waals surface area contributed by atoms with Crippen LogP contribution >= 0.6 is 11.3 Å². The number of carbonyl (C=O) groups is 1. The fourth-order valence-electron chi connectivity index (χ4n) is 2.52. The number of nitrogens with one attached hydrogen (secondary N) is 1. The molecular formula is C12H15NO3S2. The van der Waals surface area contributed by atoms with E-state index in [-0.39, 0.29) is 29.4 Å². The molecule has 1 aliphatic heterocycles. The molecule has 1 aromatic rings. The minimum Gasteiger partial charge on any atom is -0.352 e. The van der Waals surface area contributed by atoms with Gasteiger partial charge in [-0.2, -0.15) is 0 Å². The quantitative estimate of drug-likeness (QED) is 0.906. The number of amides is 1. The topological polar surface area (TPSA) is 63.2 Å². The molecule has 1 amide bonds. The SMILES string of the molecule is O=C(NC1CCS(=O)(=O)C1)C1CC1c1cccs1. The largest absolute Gasteiger partial charge is 0.352 e. The predicted molar refractivity (Wildman–Crippen MR) is 70.4 cm³/mol. The average molecular weight is 285 g/mol. The Bertz CT molecular complexity index is 550. The summed E-state index contributed by atoms with van der Waals surface area (Å²) in [4.78, 5) is 13.2. The van der Waals surface area contributed by atoms with Crippen LogP contribution in [0.4, 0.5) is 0 Å². The molecular weight excluding hydrogens is 270 g/mol. The van der Waals surface area contributed by atoms with Gasteiger partial charge in [-0.05, 0) is 24.3 Å². The van der Waals surface area contributed by atoms with E-state index in [2.05, 4.69) is 11.4 Å². The van der Waals surface area contributed by atoms with Crippen molar-refractivity contribution >= 4 is 27.1 Å². The summed E-state index contributed by atoms with van der Waals surface area (Å²) in [6.07, 6.45) is 1.45. The molecule has 4 nitrogen and oxygen atoms in total. The number of carbonyl (C=O) groups excluding carboxylic acids is 1. The second-order valence-corrected chi connectivity index (χ2v) is 8.28. The van der Waals surface area contributed by atoms with E-state index in [1.807, 2.05) is 11.4 Å². The Morgan fingerprint density at radius 1 is 1.44 bits per heavy atom. The molecule has 98 valence electrons. The van der Waals surface area contributed by atoms with Gasteiger partial charge >= 0.3 is 0 Å². The molecule has 3 rings (SSSR count). The Hall–Kier alpha value is -0.880. The summed E-state index contributed by atoms with van der Waals surface area (Å²) in [5.74, 6) is 0.733. The summed E-state index contributed by atoms with van der Waals surface area (Å²) in [6.45, 7) is 0. The monoisotopic (exact) mass is 285 g/mol. The maximum Gasteiger partial charge on any atom is 0.224 e. The molecule has 2 heterocycles. The van der Waals surface area contributed by atoms with E-state index < -0.39 is 9.84 Å². The van der Waals surface area contributed by atoms with Crippen LogP contribution in [0.25, 0.3) is 0 Å². The fourth-order valence-corrected chi connectivity index (χ4v) is 5.10. The van der Waals surface area contributed by atoms with Crippen LogP contribution < -0.4 is 5.32 Å². The standard InChI is InChI=1S/C12H15NO3S2/c14-12(13-8-3-5-18(15,16)7-8)10-6-9(10)11-2-1-4-17-11/h1-2,4,8-10H,3,5-7H2,(H,13,14). The van der Waals surface area contributed by atoms with Crippen LogP contribution in [-0.4, -0.2) is 31.9 Å². The molecule has 1 N–H and O–H groups in total. The Morgan fingerprint density at radius 3 is 2.89 bits per heavy atom. The molecule has 0 aromatic carbocycles. The number of rotatable bonds is 3. The van der Waals surface area contributed by atoms with Gasteiger partial charge in [0, 0.05) is 22.8 Å². The number of hydrogen-bond acceptors (Lipinski definition) is 4. The van der Waals surface area contributed by atoms with Crippen LogP contribution in [0.5, 0.6) is 0 Å². The van der Waals surface area contributed by atoms with Crippen LogP contribution in [0.3, 0.4) is 0 Å². The van der Waals surface area contributed by atoms with Crippen LogP contribution in [0.15, 0.2) is 17.5 Å². The van der Waals surface area contributed by atoms with Gasteiger partial charge in [-0.15, -0.1) is 11.3 Å². The number of thiophene rings is 1. The van der Waals surface area contributed by atoms with Crippen molar-refractivity contribution < 1.29 is 13.2 Å². The van der Waals surface area contributed by atoms with Gasteiger partial charge in [-0.3, -0.25) is 4.79 Å². The number of sulfone groups is 1. The molecule has 0 bridgehead atoms. The van der Waals surface area contributed by atoms with E-state index in [0.29, 0.717) is 12.3 Å². The van der Waals surface area contributed by atoms with Crippen LogP contribution in [0.2, 0.25) is 0 Å². The number of hydrogen-bond donors (Lipinski definition) is 1. The zero-order chi connectivity index (χ0) is 12.8. The summed E-state index contributed by atoms with van der Waals surface area (Å²) in [7, 11) is -2.92. The summed E-state index contributed by atoms with van der Waals surface area (Å²) in [5, 5.41) is 4.89. The van der Waals surface area contributed by atoms with E-state index in [9.17, 15) is 13.2 Å². The van der Waals surface area contributed by atoms with Crippen molar-refractivity contribution in [2.75, 3.05) is 11.5 Å². The molecule has 1 aliphatic carbocycles. The Kier molecular flexibility index (Phi) is 2.94. The van der Waals surface area contributed by atoms with E-state index >= 15 is 0 Å². The lowest BCUT2D eigenvalue weighted by molar-refractivity contribution is -0.122. The van der Waals surface area contributed by atoms with Gasteiger partial charge in [0.2, 0.25) is 5.91 Å². The molecule has 6 heteroatoms. The molecule has 3 unspecified atom stereocenters. The van der Waals surface area contributed by atoms with Crippen LogP contribution in [0, 0.1) is 5.92 Å². The van der Waals surface area contributed by atoms with Crippen LogP contribution in [-0.2, 0) is 14.6 Å². The summed E-state index contributed by atoms with van der Waals surface area (Å²) < 4.78 is 22.6. The van der Waals surface area contributed by atoms with E-state index in [1.54, 1.807) is 11.3 Å². The minimum atomic E-state index is -2.92. The summed E-state index contributed by atoms with van der Waals surface area (Å²) >= 11 is 1.68. The van der Waals surface area contributed by atoms with Crippen molar-refractivity contribution in [3.63, 3.8) is 0 Å². The molecule has 3 atom stereocenters. The van der Waals surface area contributed by atoms with Crippen molar-refractivity contribution in [3.8, 4) is 0 Å². The predicted octanol–water partition coefficient (Wildman–Crippen LogP) is 1.15. The highest BCUT2D eigenvalue weighted by molar-refractivity contribution is 7.91. The lowest BCUT2D eigenvalue weighted by Gasteiger charge is -2.10. The first kappa shape index (κ1) is 12.2. The normalized spacial score (nSPS) is 33.2. The van der Waals surface area contributed by atoms with Crippen molar-refractivity contribution in [1.82, 2.24) is 5.32 Å². The highest BCUT2D eigenvalue weighted by atomic mass is 32.2. The van der Waals surface area contributed by atoms with Crippen molar-refractivity contribution in [2.24, 2.45) is 5.92 Å². The van der Waals surface area contributed by atoms with Gasteiger partial charge in [-0.25, -0.2) is 8.42 Å². The third-order valence-corrected chi connectivity index (χ3v) is 6.39. The van der Waals surface area contributed by atoms with Gasteiger partial charge in [0.15, 0.2) is 9.84 Å². The second-order valence-electron chi connectivity index (χ2n) is 5.07. The molecule has 2 fully saturated rings. The maximum absolute atomic E-state index is 12.0. The Labute approximate surface area is 110 Å². The molecule has 1 aromatic heterocycles. The summed E-state index contributed by atoms with van der Waals surface area (Å²) in [6, 6.07) is 3.88. The molecule has 18 heavy (non-hydrogen) atoms. The maximum atomic E-state index is 12.0. The van der Waals surface area contributed by atoms with E-state index in [0.717, 1.165) is 6.42 Å². The van der Waals surface area contributed by atoms with E-state index in [1.165, 1.54) is 4.88 Å². The lowest BCUT2D eigenvalue weighted by atomic mass is 10.2. The molecule has 0 radical (unpaired) electrons. The first-order valence-electron chi connectivity index (χ1n) is 6.09. The lowest BCUT2D eigenvalue weighted by Crippen LogP contribution is -2.36. The van der Waals surface area contributed by atoms with Crippen molar-refractivity contribution in [3.05, 3.63) is 22.4 Å². The first-order chi connectivity index (χ1) is 8.55.